The van der Waals surface area contributed by atoms with E-state index in [1.54, 1.807) is 0 Å². The molecule has 0 radical (unpaired) electrons. The molecule has 0 bridgehead atoms. The number of hydrogen-bond donors (Lipinski definition) is 1. The molecular formula is C12H15N. The molecule has 1 aliphatic carbocycles. The Morgan fingerprint density at radius 3 is 2.92 bits per heavy atom. The molecule has 13 heavy (non-hydrogen) atoms. The normalized spacial score (nSPS) is 25.7. The van der Waals surface area contributed by atoms with E-state index in [0.29, 0.717) is 0 Å². The van der Waals surface area contributed by atoms with E-state index in [-0.39, 0.29) is 5.54 Å². The maximum absolute atomic E-state index is 6.32. The van der Waals surface area contributed by atoms with Gasteiger partial charge < -0.3 is 5.73 Å². The number of nitrogens with two attached hydrogens (primary N) is 1. The molecule has 1 aromatic carbocycles. The van der Waals surface area contributed by atoms with Crippen LogP contribution in [-0.2, 0) is 5.54 Å². The number of fused-ring (bicyclic) bond motifs is 1. The highest BCUT2D eigenvalue weighted by atomic mass is 14.7. The van der Waals surface area contributed by atoms with Gasteiger partial charge in [-0.05, 0) is 24.0 Å². The molecular weight excluding hydrogens is 158 g/mol. The highest BCUT2D eigenvalue weighted by molar-refractivity contribution is 5.58. The molecule has 0 amide bonds. The maximum atomic E-state index is 6.32. The Balaban J connectivity index is 2.55. The molecule has 0 fully saturated rings. The van der Waals surface area contributed by atoms with Crippen LogP contribution >= 0.6 is 0 Å². The predicted octanol–water partition coefficient (Wildman–Crippen LogP) is 2.67. The molecule has 68 valence electrons. The lowest BCUT2D eigenvalue weighted by Gasteiger charge is -2.31. The summed E-state index contributed by atoms with van der Waals surface area (Å²) in [6, 6.07) is 8.39. The molecule has 1 heteroatoms. The molecule has 1 nitrogen and oxygen atoms in total. The summed E-state index contributed by atoms with van der Waals surface area (Å²) in [6.07, 6.45) is 6.29. The minimum absolute atomic E-state index is 0.134. The Hall–Kier alpha value is -1.08. The minimum Gasteiger partial charge on any atom is -0.321 e. The second-order valence-corrected chi connectivity index (χ2v) is 3.70. The van der Waals surface area contributed by atoms with Gasteiger partial charge in [-0.15, -0.1) is 0 Å². The zero-order chi connectivity index (χ0) is 9.31. The van der Waals surface area contributed by atoms with Gasteiger partial charge in [0.2, 0.25) is 0 Å². The van der Waals surface area contributed by atoms with Crippen molar-refractivity contribution in [1.82, 2.24) is 0 Å². The van der Waals surface area contributed by atoms with Crippen molar-refractivity contribution in [3.8, 4) is 0 Å². The first-order valence-electron chi connectivity index (χ1n) is 4.81. The largest absolute Gasteiger partial charge is 0.321 e. The molecule has 1 atom stereocenters. The van der Waals surface area contributed by atoms with Gasteiger partial charge in [0.25, 0.3) is 0 Å². The lowest BCUT2D eigenvalue weighted by molar-refractivity contribution is 0.429. The molecule has 1 unspecified atom stereocenters. The standard InChI is InChI=1S/C12H15N/c1-2-12(13)9-5-7-10-6-3-4-8-11(10)12/h3-8H,2,9,13H2,1H3. The molecule has 2 N–H and O–H groups in total. The second kappa shape index (κ2) is 3.00. The Morgan fingerprint density at radius 1 is 1.38 bits per heavy atom. The van der Waals surface area contributed by atoms with E-state index in [9.17, 15) is 0 Å². The Kier molecular flexibility index (Phi) is 1.97. The summed E-state index contributed by atoms with van der Waals surface area (Å²) in [7, 11) is 0. The fourth-order valence-corrected chi connectivity index (χ4v) is 1.94. The van der Waals surface area contributed by atoms with Crippen LogP contribution in [0.25, 0.3) is 6.08 Å². The topological polar surface area (TPSA) is 26.0 Å². The first-order valence-corrected chi connectivity index (χ1v) is 4.81. The Labute approximate surface area is 79.3 Å². The average molecular weight is 173 g/mol. The zero-order valence-electron chi connectivity index (χ0n) is 7.96. The van der Waals surface area contributed by atoms with E-state index < -0.39 is 0 Å². The van der Waals surface area contributed by atoms with Gasteiger partial charge in [0.1, 0.15) is 0 Å². The van der Waals surface area contributed by atoms with Crippen LogP contribution in [0.1, 0.15) is 30.9 Å². The zero-order valence-corrected chi connectivity index (χ0v) is 7.96. The van der Waals surface area contributed by atoms with Crippen LogP contribution in [-0.4, -0.2) is 0 Å². The Bertz CT molecular complexity index is 341. The highest BCUT2D eigenvalue weighted by Gasteiger charge is 2.27. The lowest BCUT2D eigenvalue weighted by atomic mass is 9.79. The highest BCUT2D eigenvalue weighted by Crippen LogP contribution is 2.33. The molecule has 0 saturated heterocycles. The molecule has 0 aliphatic heterocycles. The van der Waals surface area contributed by atoms with Crippen molar-refractivity contribution in [3.63, 3.8) is 0 Å². The van der Waals surface area contributed by atoms with Gasteiger partial charge in [-0.25, -0.2) is 0 Å². The monoisotopic (exact) mass is 173 g/mol. The van der Waals surface area contributed by atoms with E-state index in [4.69, 9.17) is 5.73 Å². The summed E-state index contributed by atoms with van der Waals surface area (Å²) < 4.78 is 0. The molecule has 0 saturated carbocycles. The third kappa shape index (κ3) is 1.29. The van der Waals surface area contributed by atoms with Gasteiger partial charge in [-0.1, -0.05) is 43.3 Å². The summed E-state index contributed by atoms with van der Waals surface area (Å²) in [5, 5.41) is 0. The van der Waals surface area contributed by atoms with E-state index in [0.717, 1.165) is 12.8 Å². The van der Waals surface area contributed by atoms with Crippen molar-refractivity contribution in [3.05, 3.63) is 41.5 Å². The van der Waals surface area contributed by atoms with Crippen LogP contribution in [0.5, 0.6) is 0 Å². The van der Waals surface area contributed by atoms with Gasteiger partial charge in [0, 0.05) is 5.54 Å². The van der Waals surface area contributed by atoms with Crippen LogP contribution in [0, 0.1) is 0 Å². The van der Waals surface area contributed by atoms with Gasteiger partial charge in [0.15, 0.2) is 0 Å². The van der Waals surface area contributed by atoms with Gasteiger partial charge in [-0.2, -0.15) is 0 Å². The van der Waals surface area contributed by atoms with Gasteiger partial charge in [0.05, 0.1) is 0 Å². The van der Waals surface area contributed by atoms with Crippen molar-refractivity contribution in [2.45, 2.75) is 25.3 Å². The lowest BCUT2D eigenvalue weighted by Crippen LogP contribution is -2.37. The number of rotatable bonds is 1. The summed E-state index contributed by atoms with van der Waals surface area (Å²) in [5.41, 5.74) is 8.75. The smallest absolute Gasteiger partial charge is 0.0447 e. The van der Waals surface area contributed by atoms with E-state index in [2.05, 4.69) is 43.3 Å². The Morgan fingerprint density at radius 2 is 2.15 bits per heavy atom. The molecule has 2 rings (SSSR count). The van der Waals surface area contributed by atoms with Crippen LogP contribution in [0.2, 0.25) is 0 Å². The minimum atomic E-state index is -0.134. The SMILES string of the molecule is CCC1(N)CC=Cc2ccccc21. The van der Waals surface area contributed by atoms with Gasteiger partial charge >= 0.3 is 0 Å². The molecule has 0 aromatic heterocycles. The predicted molar refractivity (Wildman–Crippen MR) is 56.2 cm³/mol. The first-order chi connectivity index (χ1) is 6.26. The fraction of sp³-hybridized carbons (Fsp3) is 0.333. The molecule has 1 aromatic rings. The van der Waals surface area contributed by atoms with Crippen molar-refractivity contribution >= 4 is 6.08 Å². The second-order valence-electron chi connectivity index (χ2n) is 3.70. The van der Waals surface area contributed by atoms with Crippen LogP contribution in [0.3, 0.4) is 0 Å². The number of hydrogen-bond acceptors (Lipinski definition) is 1. The molecule has 0 spiro atoms. The van der Waals surface area contributed by atoms with Crippen LogP contribution in [0.15, 0.2) is 30.3 Å². The fourth-order valence-electron chi connectivity index (χ4n) is 1.94. The van der Waals surface area contributed by atoms with E-state index >= 15 is 0 Å². The van der Waals surface area contributed by atoms with E-state index in [1.807, 2.05) is 0 Å². The number of benzene rings is 1. The van der Waals surface area contributed by atoms with Crippen molar-refractivity contribution < 1.29 is 0 Å². The van der Waals surface area contributed by atoms with Crippen LogP contribution in [0.4, 0.5) is 0 Å². The first kappa shape index (κ1) is 8.52. The third-order valence-electron chi connectivity index (χ3n) is 2.91. The van der Waals surface area contributed by atoms with E-state index in [1.165, 1.54) is 11.1 Å². The summed E-state index contributed by atoms with van der Waals surface area (Å²) in [4.78, 5) is 0. The van der Waals surface area contributed by atoms with Crippen LogP contribution < -0.4 is 5.73 Å². The molecule has 0 heterocycles. The van der Waals surface area contributed by atoms with Crippen molar-refractivity contribution in [2.24, 2.45) is 5.73 Å². The quantitative estimate of drug-likeness (QED) is 0.694. The van der Waals surface area contributed by atoms with Gasteiger partial charge in [-0.3, -0.25) is 0 Å². The molecule has 1 aliphatic rings. The van der Waals surface area contributed by atoms with Crippen molar-refractivity contribution in [1.29, 1.82) is 0 Å². The maximum Gasteiger partial charge on any atom is 0.0447 e. The van der Waals surface area contributed by atoms with Crippen molar-refractivity contribution in [2.75, 3.05) is 0 Å². The third-order valence-corrected chi connectivity index (χ3v) is 2.91. The summed E-state index contributed by atoms with van der Waals surface area (Å²) in [5.74, 6) is 0. The average Bonchev–Trinajstić information content (AvgIpc) is 2.19. The summed E-state index contributed by atoms with van der Waals surface area (Å²) in [6.45, 7) is 2.15. The summed E-state index contributed by atoms with van der Waals surface area (Å²) >= 11 is 0.